The van der Waals surface area contributed by atoms with Crippen LogP contribution in [-0.2, 0) is 16.6 Å². The zero-order valence-corrected chi connectivity index (χ0v) is 16.2. The van der Waals surface area contributed by atoms with Gasteiger partial charge in [0.15, 0.2) is 5.58 Å². The highest BCUT2D eigenvalue weighted by molar-refractivity contribution is 6.00. The van der Waals surface area contributed by atoms with Crippen LogP contribution in [0.25, 0.3) is 11.1 Å². The van der Waals surface area contributed by atoms with Gasteiger partial charge < -0.3 is 14.6 Å². The minimum Gasteiger partial charge on any atom is -0.440 e. The molecule has 0 spiro atoms. The molecule has 27 heavy (non-hydrogen) atoms. The van der Waals surface area contributed by atoms with Gasteiger partial charge in [-0.3, -0.25) is 4.79 Å². The first-order chi connectivity index (χ1) is 12.8. The summed E-state index contributed by atoms with van der Waals surface area (Å²) in [6.45, 7) is 8.86. The van der Waals surface area contributed by atoms with E-state index in [0.717, 1.165) is 35.4 Å². The van der Waals surface area contributed by atoms with E-state index in [9.17, 15) is 4.79 Å². The van der Waals surface area contributed by atoms with E-state index >= 15 is 0 Å². The lowest BCUT2D eigenvalue weighted by molar-refractivity contribution is -0.118. The quantitative estimate of drug-likeness (QED) is 0.743. The van der Waals surface area contributed by atoms with E-state index in [1.807, 2.05) is 48.2 Å². The number of nitrogens with one attached hydrogen (secondary N) is 1. The summed E-state index contributed by atoms with van der Waals surface area (Å²) in [5.41, 5.74) is 4.55. The molecule has 1 unspecified atom stereocenters. The van der Waals surface area contributed by atoms with Gasteiger partial charge in [0.25, 0.3) is 0 Å². The molecule has 0 bridgehead atoms. The van der Waals surface area contributed by atoms with Crippen molar-refractivity contribution in [2.24, 2.45) is 0 Å². The molecule has 1 atom stereocenters. The smallest absolute Gasteiger partial charge is 0.249 e. The zero-order chi connectivity index (χ0) is 19.2. The monoisotopic (exact) mass is 363 g/mol. The summed E-state index contributed by atoms with van der Waals surface area (Å²) in [4.78, 5) is 19.4. The normalized spacial score (nSPS) is 15.0. The molecule has 1 N–H and O–H groups in total. The molecule has 1 aliphatic rings. The predicted molar refractivity (Wildman–Crippen MR) is 108 cm³/mol. The van der Waals surface area contributed by atoms with Gasteiger partial charge in [-0.2, -0.15) is 0 Å². The average molecular weight is 363 g/mol. The first-order valence-corrected chi connectivity index (χ1v) is 9.40. The van der Waals surface area contributed by atoms with Crippen LogP contribution in [0.3, 0.4) is 0 Å². The van der Waals surface area contributed by atoms with Crippen LogP contribution in [0.1, 0.15) is 39.1 Å². The van der Waals surface area contributed by atoms with Crippen LogP contribution in [0.5, 0.6) is 0 Å². The van der Waals surface area contributed by atoms with E-state index in [1.165, 1.54) is 5.56 Å². The number of hydrogen-bond acceptors (Lipinski definition) is 4. The number of anilines is 2. The average Bonchev–Trinajstić information content (AvgIpc) is 3.24. The molecule has 2 aromatic carbocycles. The van der Waals surface area contributed by atoms with E-state index in [0.29, 0.717) is 5.89 Å². The first-order valence-electron chi connectivity index (χ1n) is 9.40. The molecule has 140 valence electrons. The van der Waals surface area contributed by atoms with Crippen LogP contribution in [0.4, 0.5) is 11.4 Å². The predicted octanol–water partition coefficient (Wildman–Crippen LogP) is 4.52. The maximum Gasteiger partial charge on any atom is 0.249 e. The minimum absolute atomic E-state index is 0.0792. The summed E-state index contributed by atoms with van der Waals surface area (Å²) in [5, 5.41) is 3.32. The number of carbonyl (C=O) groups excluding carboxylic acids is 1. The summed E-state index contributed by atoms with van der Waals surface area (Å²) < 4.78 is 5.85. The summed E-state index contributed by atoms with van der Waals surface area (Å²) in [6.07, 6.45) is 0.912. The van der Waals surface area contributed by atoms with Gasteiger partial charge in [0.05, 0.1) is 0 Å². The number of hydrogen-bond donors (Lipinski definition) is 1. The molecule has 5 heteroatoms. The van der Waals surface area contributed by atoms with Gasteiger partial charge in [-0.15, -0.1) is 0 Å². The molecule has 2 heterocycles. The number of rotatable bonds is 3. The van der Waals surface area contributed by atoms with Crippen molar-refractivity contribution in [3.63, 3.8) is 0 Å². The van der Waals surface area contributed by atoms with Crippen LogP contribution in [0, 0.1) is 0 Å². The van der Waals surface area contributed by atoms with E-state index in [2.05, 4.69) is 37.1 Å². The molecule has 1 aromatic heterocycles. The van der Waals surface area contributed by atoms with E-state index in [1.54, 1.807) is 0 Å². The number of fused-ring (bicyclic) bond motifs is 2. The third-order valence-electron chi connectivity index (χ3n) is 4.94. The number of oxazole rings is 1. The van der Waals surface area contributed by atoms with E-state index in [-0.39, 0.29) is 17.4 Å². The third-order valence-corrected chi connectivity index (χ3v) is 4.94. The molecule has 5 nitrogen and oxygen atoms in total. The SMILES string of the molecule is CC(Nc1ccc2oc(C(C)(C)C)nc2c1)C(=O)N1CCc2ccccc21. The molecule has 3 aromatic rings. The van der Waals surface area contributed by atoms with Crippen molar-refractivity contribution in [3.05, 3.63) is 53.9 Å². The molecule has 0 aliphatic carbocycles. The molecule has 0 saturated heterocycles. The van der Waals surface area contributed by atoms with Crippen molar-refractivity contribution < 1.29 is 9.21 Å². The number of amides is 1. The van der Waals surface area contributed by atoms with Crippen LogP contribution in [-0.4, -0.2) is 23.5 Å². The van der Waals surface area contributed by atoms with Crippen molar-refractivity contribution in [2.75, 3.05) is 16.8 Å². The van der Waals surface area contributed by atoms with Gasteiger partial charge in [-0.25, -0.2) is 4.98 Å². The van der Waals surface area contributed by atoms with Crippen LogP contribution in [0.15, 0.2) is 46.9 Å². The standard InChI is InChI=1S/C22H25N3O2/c1-14(20(26)25-12-11-15-7-5-6-8-18(15)25)23-16-9-10-19-17(13-16)24-21(27-19)22(2,3)4/h5-10,13-14,23H,11-12H2,1-4H3. The largest absolute Gasteiger partial charge is 0.440 e. The van der Waals surface area contributed by atoms with Crippen molar-refractivity contribution >= 4 is 28.4 Å². The maximum atomic E-state index is 12.9. The van der Waals surface area contributed by atoms with Gasteiger partial charge in [0.2, 0.25) is 11.8 Å². The van der Waals surface area contributed by atoms with Gasteiger partial charge in [0, 0.05) is 23.3 Å². The van der Waals surface area contributed by atoms with Crippen molar-refractivity contribution in [1.82, 2.24) is 4.98 Å². The van der Waals surface area contributed by atoms with Crippen LogP contribution >= 0.6 is 0 Å². The zero-order valence-electron chi connectivity index (χ0n) is 16.2. The molecule has 4 rings (SSSR count). The third kappa shape index (κ3) is 3.29. The van der Waals surface area contributed by atoms with Crippen molar-refractivity contribution in [2.45, 2.75) is 45.6 Å². The number of aromatic nitrogens is 1. The minimum atomic E-state index is -0.331. The number of para-hydroxylation sites is 1. The highest BCUT2D eigenvalue weighted by Gasteiger charge is 2.28. The highest BCUT2D eigenvalue weighted by atomic mass is 16.3. The molecular weight excluding hydrogens is 338 g/mol. The van der Waals surface area contributed by atoms with Gasteiger partial charge in [-0.05, 0) is 43.2 Å². The molecule has 1 amide bonds. The van der Waals surface area contributed by atoms with Gasteiger partial charge in [0.1, 0.15) is 11.6 Å². The lowest BCUT2D eigenvalue weighted by Gasteiger charge is -2.23. The Morgan fingerprint density at radius 3 is 2.78 bits per heavy atom. The Kier molecular flexibility index (Phi) is 4.17. The molecule has 0 saturated carbocycles. The molecule has 0 fully saturated rings. The van der Waals surface area contributed by atoms with Crippen molar-refractivity contribution in [1.29, 1.82) is 0 Å². The van der Waals surface area contributed by atoms with Crippen molar-refractivity contribution in [3.8, 4) is 0 Å². The Morgan fingerprint density at radius 1 is 1.22 bits per heavy atom. The molecule has 0 radical (unpaired) electrons. The highest BCUT2D eigenvalue weighted by Crippen LogP contribution is 2.29. The van der Waals surface area contributed by atoms with Crippen LogP contribution < -0.4 is 10.2 Å². The molecular formula is C22H25N3O2. The topological polar surface area (TPSA) is 58.4 Å². The fourth-order valence-corrected chi connectivity index (χ4v) is 3.45. The number of benzene rings is 2. The Bertz CT molecular complexity index is 1000. The Balaban J connectivity index is 1.52. The summed E-state index contributed by atoms with van der Waals surface area (Å²) >= 11 is 0. The maximum absolute atomic E-state index is 12.9. The Morgan fingerprint density at radius 2 is 2.00 bits per heavy atom. The van der Waals surface area contributed by atoms with E-state index in [4.69, 9.17) is 4.42 Å². The molecule has 1 aliphatic heterocycles. The van der Waals surface area contributed by atoms with Gasteiger partial charge in [-0.1, -0.05) is 39.0 Å². The fourth-order valence-electron chi connectivity index (χ4n) is 3.45. The Labute approximate surface area is 159 Å². The van der Waals surface area contributed by atoms with Crippen LogP contribution in [0.2, 0.25) is 0 Å². The van der Waals surface area contributed by atoms with Gasteiger partial charge >= 0.3 is 0 Å². The summed E-state index contributed by atoms with van der Waals surface area (Å²) in [5.74, 6) is 0.794. The second-order valence-corrected chi connectivity index (χ2v) is 8.19. The van der Waals surface area contributed by atoms with E-state index < -0.39 is 0 Å². The number of nitrogens with zero attached hydrogens (tertiary/aromatic N) is 2. The fraction of sp³-hybridized carbons (Fsp3) is 0.364. The Hall–Kier alpha value is -2.82. The lowest BCUT2D eigenvalue weighted by Crippen LogP contribution is -2.40. The second kappa shape index (κ2) is 6.41. The first kappa shape index (κ1) is 17.6. The lowest BCUT2D eigenvalue weighted by atomic mass is 9.97. The summed E-state index contributed by atoms with van der Waals surface area (Å²) in [6, 6.07) is 13.6. The second-order valence-electron chi connectivity index (χ2n) is 8.19. The number of carbonyl (C=O) groups is 1. The summed E-state index contributed by atoms with van der Waals surface area (Å²) in [7, 11) is 0.